The quantitative estimate of drug-likeness (QED) is 0.625. The van der Waals surface area contributed by atoms with Gasteiger partial charge in [-0.1, -0.05) is 66.7 Å². The lowest BCUT2D eigenvalue weighted by Crippen LogP contribution is -2.13. The second-order valence-electron chi connectivity index (χ2n) is 5.37. The van der Waals surface area contributed by atoms with E-state index in [1.807, 2.05) is 73.7 Å². The van der Waals surface area contributed by atoms with Crippen molar-refractivity contribution in [1.29, 1.82) is 0 Å². The SMILES string of the molecule is Cc1c(C(=O)COc2ccccc2)cccc1-c1ccccc1. The van der Waals surface area contributed by atoms with Gasteiger partial charge in [-0.2, -0.15) is 0 Å². The lowest BCUT2D eigenvalue weighted by molar-refractivity contribution is 0.0921. The Morgan fingerprint density at radius 3 is 2.17 bits per heavy atom. The second kappa shape index (κ2) is 6.93. The monoisotopic (exact) mass is 302 g/mol. The van der Waals surface area contributed by atoms with Crippen LogP contribution in [-0.2, 0) is 0 Å². The van der Waals surface area contributed by atoms with Gasteiger partial charge in [0.1, 0.15) is 5.75 Å². The van der Waals surface area contributed by atoms with Crippen LogP contribution in [0.5, 0.6) is 5.75 Å². The van der Waals surface area contributed by atoms with Crippen molar-refractivity contribution in [3.63, 3.8) is 0 Å². The molecule has 0 saturated carbocycles. The van der Waals surface area contributed by atoms with Crippen molar-refractivity contribution in [2.24, 2.45) is 0 Å². The lowest BCUT2D eigenvalue weighted by Gasteiger charge is -2.11. The van der Waals surface area contributed by atoms with Crippen LogP contribution < -0.4 is 4.74 Å². The third-order valence-corrected chi connectivity index (χ3v) is 3.83. The Morgan fingerprint density at radius 1 is 0.826 bits per heavy atom. The molecule has 0 bridgehead atoms. The summed E-state index contributed by atoms with van der Waals surface area (Å²) in [6.07, 6.45) is 0. The zero-order valence-electron chi connectivity index (χ0n) is 13.0. The van der Waals surface area contributed by atoms with Crippen molar-refractivity contribution in [2.45, 2.75) is 6.92 Å². The van der Waals surface area contributed by atoms with Gasteiger partial charge in [0.15, 0.2) is 12.4 Å². The van der Waals surface area contributed by atoms with Crippen molar-refractivity contribution in [2.75, 3.05) is 6.61 Å². The van der Waals surface area contributed by atoms with E-state index < -0.39 is 0 Å². The topological polar surface area (TPSA) is 26.3 Å². The summed E-state index contributed by atoms with van der Waals surface area (Å²) in [4.78, 5) is 12.5. The summed E-state index contributed by atoms with van der Waals surface area (Å²) in [7, 11) is 0. The Bertz CT molecular complexity index is 793. The molecule has 0 aliphatic heterocycles. The smallest absolute Gasteiger partial charge is 0.200 e. The van der Waals surface area contributed by atoms with Crippen LogP contribution in [0.15, 0.2) is 78.9 Å². The molecule has 0 spiro atoms. The Balaban J connectivity index is 1.81. The maximum Gasteiger partial charge on any atom is 0.200 e. The molecule has 0 fully saturated rings. The fourth-order valence-electron chi connectivity index (χ4n) is 2.61. The third-order valence-electron chi connectivity index (χ3n) is 3.83. The first-order valence-corrected chi connectivity index (χ1v) is 7.62. The van der Waals surface area contributed by atoms with E-state index in [0.29, 0.717) is 11.3 Å². The van der Waals surface area contributed by atoms with Gasteiger partial charge in [-0.05, 0) is 35.7 Å². The van der Waals surface area contributed by atoms with Gasteiger partial charge in [-0.15, -0.1) is 0 Å². The Kier molecular flexibility index (Phi) is 4.53. The van der Waals surface area contributed by atoms with Gasteiger partial charge in [0.05, 0.1) is 0 Å². The zero-order valence-corrected chi connectivity index (χ0v) is 13.0. The minimum absolute atomic E-state index is 0.0101. The highest BCUT2D eigenvalue weighted by Crippen LogP contribution is 2.25. The largest absolute Gasteiger partial charge is 0.485 e. The number of para-hydroxylation sites is 1. The third kappa shape index (κ3) is 3.49. The number of Topliss-reactive ketones (excluding diaryl/α,β-unsaturated/α-hetero) is 1. The molecule has 0 unspecified atom stereocenters. The van der Waals surface area contributed by atoms with Crippen molar-refractivity contribution in [3.8, 4) is 16.9 Å². The number of benzene rings is 3. The zero-order chi connectivity index (χ0) is 16.1. The molecule has 23 heavy (non-hydrogen) atoms. The van der Waals surface area contributed by atoms with Crippen LogP contribution in [0.4, 0.5) is 0 Å². The van der Waals surface area contributed by atoms with Crippen molar-refractivity contribution in [3.05, 3.63) is 90.0 Å². The first kappa shape index (κ1) is 15.0. The molecule has 3 rings (SSSR count). The van der Waals surface area contributed by atoms with Crippen LogP contribution in [0.3, 0.4) is 0 Å². The molecule has 114 valence electrons. The summed E-state index contributed by atoms with van der Waals surface area (Å²) in [6, 6.07) is 25.3. The maximum absolute atomic E-state index is 12.5. The molecular weight excluding hydrogens is 284 g/mol. The van der Waals surface area contributed by atoms with Crippen molar-refractivity contribution in [1.82, 2.24) is 0 Å². The molecule has 0 amide bonds. The number of ether oxygens (including phenoxy) is 1. The molecule has 2 heteroatoms. The molecule has 0 heterocycles. The number of hydrogen-bond acceptors (Lipinski definition) is 2. The Hall–Kier alpha value is -2.87. The van der Waals surface area contributed by atoms with Crippen LogP contribution >= 0.6 is 0 Å². The first-order chi connectivity index (χ1) is 11.3. The summed E-state index contributed by atoms with van der Waals surface area (Å²) in [6.45, 7) is 2.03. The predicted octanol–water partition coefficient (Wildman–Crippen LogP) is 4.92. The summed E-state index contributed by atoms with van der Waals surface area (Å²) in [5, 5.41) is 0. The van der Waals surface area contributed by atoms with E-state index in [-0.39, 0.29) is 12.4 Å². The predicted molar refractivity (Wildman–Crippen MR) is 92.9 cm³/mol. The summed E-state index contributed by atoms with van der Waals surface area (Å²) in [5.74, 6) is 0.696. The molecule has 0 radical (unpaired) electrons. The normalized spacial score (nSPS) is 10.3. The van der Waals surface area contributed by atoms with Gasteiger partial charge >= 0.3 is 0 Å². The molecule has 0 atom stereocenters. The van der Waals surface area contributed by atoms with Gasteiger partial charge in [-0.25, -0.2) is 0 Å². The molecule has 0 saturated heterocycles. The van der Waals surface area contributed by atoms with Crippen LogP contribution in [0.2, 0.25) is 0 Å². The van der Waals surface area contributed by atoms with E-state index in [0.717, 1.165) is 16.7 Å². The van der Waals surface area contributed by atoms with Crippen molar-refractivity contribution < 1.29 is 9.53 Å². The summed E-state index contributed by atoms with van der Waals surface area (Å²) >= 11 is 0. The molecule has 0 N–H and O–H groups in total. The summed E-state index contributed by atoms with van der Waals surface area (Å²) in [5.41, 5.74) is 3.89. The molecule has 0 aliphatic carbocycles. The standard InChI is InChI=1S/C21H18O2/c1-16-19(17-9-4-2-5-10-17)13-8-14-20(16)21(22)15-23-18-11-6-3-7-12-18/h2-14H,15H2,1H3. The van der Waals surface area contributed by atoms with Gasteiger partial charge in [-0.3, -0.25) is 4.79 Å². The highest BCUT2D eigenvalue weighted by atomic mass is 16.5. The van der Waals surface area contributed by atoms with Gasteiger partial charge in [0, 0.05) is 5.56 Å². The van der Waals surface area contributed by atoms with Crippen molar-refractivity contribution >= 4 is 5.78 Å². The molecule has 2 nitrogen and oxygen atoms in total. The molecule has 0 aliphatic rings. The Labute approximate surface area is 136 Å². The maximum atomic E-state index is 12.5. The fraction of sp³-hybridized carbons (Fsp3) is 0.0952. The fourth-order valence-corrected chi connectivity index (χ4v) is 2.61. The molecule has 3 aromatic rings. The van der Waals surface area contributed by atoms with E-state index >= 15 is 0 Å². The van der Waals surface area contributed by atoms with Crippen LogP contribution in [-0.4, -0.2) is 12.4 Å². The van der Waals surface area contributed by atoms with E-state index in [2.05, 4.69) is 12.1 Å². The van der Waals surface area contributed by atoms with E-state index in [1.54, 1.807) is 0 Å². The average molecular weight is 302 g/mol. The van der Waals surface area contributed by atoms with Crippen LogP contribution in [0.25, 0.3) is 11.1 Å². The second-order valence-corrected chi connectivity index (χ2v) is 5.37. The number of rotatable bonds is 5. The highest BCUT2D eigenvalue weighted by molar-refractivity contribution is 6.00. The van der Waals surface area contributed by atoms with Crippen LogP contribution in [0, 0.1) is 6.92 Å². The highest BCUT2D eigenvalue weighted by Gasteiger charge is 2.13. The molecule has 0 aromatic heterocycles. The Morgan fingerprint density at radius 2 is 1.48 bits per heavy atom. The van der Waals surface area contributed by atoms with Gasteiger partial charge < -0.3 is 4.74 Å². The summed E-state index contributed by atoms with van der Waals surface area (Å²) < 4.78 is 5.57. The van der Waals surface area contributed by atoms with Crippen LogP contribution in [0.1, 0.15) is 15.9 Å². The average Bonchev–Trinajstić information content (AvgIpc) is 2.61. The van der Waals surface area contributed by atoms with Gasteiger partial charge in [0.2, 0.25) is 0 Å². The first-order valence-electron chi connectivity index (χ1n) is 7.62. The van der Waals surface area contributed by atoms with E-state index in [1.165, 1.54) is 0 Å². The molecular formula is C21H18O2. The number of hydrogen-bond donors (Lipinski definition) is 0. The minimum atomic E-state index is -0.0101. The number of carbonyl (C=O) groups is 1. The van der Waals surface area contributed by atoms with E-state index in [4.69, 9.17) is 4.74 Å². The number of ketones is 1. The molecule has 3 aromatic carbocycles. The van der Waals surface area contributed by atoms with Gasteiger partial charge in [0.25, 0.3) is 0 Å². The minimum Gasteiger partial charge on any atom is -0.485 e. The van der Waals surface area contributed by atoms with E-state index in [9.17, 15) is 4.79 Å². The lowest BCUT2D eigenvalue weighted by atomic mass is 9.95. The number of carbonyl (C=O) groups excluding carboxylic acids is 1.